The molecule has 0 saturated carbocycles. The third-order valence-corrected chi connectivity index (χ3v) is 3.23. The highest BCUT2D eigenvalue weighted by Gasteiger charge is 2.11. The zero-order valence-electron chi connectivity index (χ0n) is 11.8. The fraction of sp³-hybridized carbons (Fsp3) is 0.188. The number of fused-ring (bicyclic) bond motifs is 1. The second-order valence-electron chi connectivity index (χ2n) is 4.90. The summed E-state index contributed by atoms with van der Waals surface area (Å²) in [5.74, 6) is -0.231. The standard InChI is InChI=1S/C16H16N4O/c1-2-5-12-9-15(20-19-12)16(21)18-13-8-11-6-3-4-7-14(11)17-10-13/h3-4,6-10H,2,5H2,1H3,(H,18,21)(H,19,20). The topological polar surface area (TPSA) is 70.7 Å². The Balaban J connectivity index is 1.78. The molecule has 5 heteroatoms. The van der Waals surface area contributed by atoms with Crippen LogP contribution in [0.15, 0.2) is 42.6 Å². The van der Waals surface area contributed by atoms with Gasteiger partial charge in [-0.2, -0.15) is 5.10 Å². The van der Waals surface area contributed by atoms with Gasteiger partial charge in [-0.3, -0.25) is 14.9 Å². The average Bonchev–Trinajstić information content (AvgIpc) is 2.96. The molecule has 0 bridgehead atoms. The van der Waals surface area contributed by atoms with E-state index in [1.165, 1.54) is 0 Å². The summed E-state index contributed by atoms with van der Waals surface area (Å²) >= 11 is 0. The minimum absolute atomic E-state index is 0.231. The highest BCUT2D eigenvalue weighted by molar-refractivity contribution is 6.03. The van der Waals surface area contributed by atoms with Crippen molar-refractivity contribution in [1.82, 2.24) is 15.2 Å². The first kappa shape index (κ1) is 13.3. The normalized spacial score (nSPS) is 10.7. The van der Waals surface area contributed by atoms with Gasteiger partial charge in [0.25, 0.3) is 5.91 Å². The number of rotatable bonds is 4. The number of hydrogen-bond acceptors (Lipinski definition) is 3. The molecule has 1 amide bonds. The van der Waals surface area contributed by atoms with Crippen LogP contribution in [0.5, 0.6) is 0 Å². The zero-order chi connectivity index (χ0) is 14.7. The number of amides is 1. The van der Waals surface area contributed by atoms with Crippen LogP contribution in [0.25, 0.3) is 10.9 Å². The number of aromatic amines is 1. The number of H-pyrrole nitrogens is 1. The molecule has 3 aromatic rings. The first-order valence-corrected chi connectivity index (χ1v) is 6.96. The van der Waals surface area contributed by atoms with Crippen molar-refractivity contribution in [2.75, 3.05) is 5.32 Å². The smallest absolute Gasteiger partial charge is 0.276 e. The molecule has 0 unspecified atom stereocenters. The first-order chi connectivity index (χ1) is 10.3. The van der Waals surface area contributed by atoms with Gasteiger partial charge in [0.2, 0.25) is 0 Å². The van der Waals surface area contributed by atoms with Crippen LogP contribution in [-0.4, -0.2) is 21.1 Å². The highest BCUT2D eigenvalue weighted by Crippen LogP contribution is 2.16. The lowest BCUT2D eigenvalue weighted by Crippen LogP contribution is -2.12. The van der Waals surface area contributed by atoms with Crippen LogP contribution in [0.2, 0.25) is 0 Å². The van der Waals surface area contributed by atoms with E-state index in [1.807, 2.05) is 30.3 Å². The van der Waals surface area contributed by atoms with Crippen LogP contribution in [0.4, 0.5) is 5.69 Å². The molecule has 3 rings (SSSR count). The Kier molecular flexibility index (Phi) is 3.64. The van der Waals surface area contributed by atoms with Crippen molar-refractivity contribution >= 4 is 22.5 Å². The molecule has 21 heavy (non-hydrogen) atoms. The molecule has 2 N–H and O–H groups in total. The predicted molar refractivity (Wildman–Crippen MR) is 82.3 cm³/mol. The summed E-state index contributed by atoms with van der Waals surface area (Å²) < 4.78 is 0. The third-order valence-electron chi connectivity index (χ3n) is 3.23. The number of benzene rings is 1. The Morgan fingerprint density at radius 1 is 1.29 bits per heavy atom. The molecular formula is C16H16N4O. The van der Waals surface area contributed by atoms with Gasteiger partial charge in [0.15, 0.2) is 5.69 Å². The number of nitrogens with zero attached hydrogens (tertiary/aromatic N) is 2. The van der Waals surface area contributed by atoms with Gasteiger partial charge in [-0.1, -0.05) is 31.5 Å². The zero-order valence-corrected chi connectivity index (χ0v) is 11.8. The molecule has 0 saturated heterocycles. The van der Waals surface area contributed by atoms with E-state index in [4.69, 9.17) is 0 Å². The Hall–Kier alpha value is -2.69. The number of anilines is 1. The largest absolute Gasteiger partial charge is 0.319 e. The van der Waals surface area contributed by atoms with E-state index in [1.54, 1.807) is 12.3 Å². The Morgan fingerprint density at radius 2 is 2.14 bits per heavy atom. The Labute approximate surface area is 122 Å². The van der Waals surface area contributed by atoms with Gasteiger partial charge in [-0.15, -0.1) is 0 Å². The number of para-hydroxylation sites is 1. The SMILES string of the molecule is CCCc1cc(C(=O)Nc2cnc3ccccc3c2)n[nH]1. The van der Waals surface area contributed by atoms with Gasteiger partial charge in [0.05, 0.1) is 17.4 Å². The molecule has 1 aromatic carbocycles. The van der Waals surface area contributed by atoms with Crippen LogP contribution in [0, 0.1) is 0 Å². The maximum Gasteiger partial charge on any atom is 0.276 e. The summed E-state index contributed by atoms with van der Waals surface area (Å²) in [6.45, 7) is 2.08. The van der Waals surface area contributed by atoms with E-state index in [9.17, 15) is 4.79 Å². The first-order valence-electron chi connectivity index (χ1n) is 6.96. The third kappa shape index (κ3) is 2.91. The van der Waals surface area contributed by atoms with Gasteiger partial charge in [0, 0.05) is 11.1 Å². The van der Waals surface area contributed by atoms with Crippen molar-refractivity contribution in [2.24, 2.45) is 0 Å². The van der Waals surface area contributed by atoms with E-state index in [-0.39, 0.29) is 5.91 Å². The summed E-state index contributed by atoms with van der Waals surface area (Å²) in [5.41, 5.74) is 2.94. The number of carbonyl (C=O) groups excluding carboxylic acids is 1. The molecule has 106 valence electrons. The number of aryl methyl sites for hydroxylation is 1. The molecule has 2 aromatic heterocycles. The Bertz CT molecular complexity index is 779. The van der Waals surface area contributed by atoms with Crippen molar-refractivity contribution in [3.8, 4) is 0 Å². The maximum atomic E-state index is 12.1. The monoisotopic (exact) mass is 280 g/mol. The molecule has 0 spiro atoms. The number of carbonyl (C=O) groups is 1. The molecule has 0 fully saturated rings. The average molecular weight is 280 g/mol. The number of pyridine rings is 1. The summed E-state index contributed by atoms with van der Waals surface area (Å²) in [6.07, 6.45) is 3.55. The summed E-state index contributed by atoms with van der Waals surface area (Å²) in [6, 6.07) is 11.5. The minimum Gasteiger partial charge on any atom is -0.319 e. The quantitative estimate of drug-likeness (QED) is 0.771. The molecule has 0 aliphatic heterocycles. The van der Waals surface area contributed by atoms with Crippen LogP contribution in [0.3, 0.4) is 0 Å². The molecule has 0 aliphatic carbocycles. The molecule has 0 radical (unpaired) electrons. The van der Waals surface area contributed by atoms with Crippen LogP contribution < -0.4 is 5.32 Å². The fourth-order valence-electron chi connectivity index (χ4n) is 2.21. The second kappa shape index (κ2) is 5.75. The molecular weight excluding hydrogens is 264 g/mol. The van der Waals surface area contributed by atoms with Crippen LogP contribution in [0.1, 0.15) is 29.5 Å². The van der Waals surface area contributed by atoms with Crippen LogP contribution in [-0.2, 0) is 6.42 Å². The minimum atomic E-state index is -0.231. The fourth-order valence-corrected chi connectivity index (χ4v) is 2.21. The van der Waals surface area contributed by atoms with E-state index >= 15 is 0 Å². The number of hydrogen-bond donors (Lipinski definition) is 2. The van der Waals surface area contributed by atoms with Crippen molar-refractivity contribution < 1.29 is 4.79 Å². The van der Waals surface area contributed by atoms with E-state index < -0.39 is 0 Å². The van der Waals surface area contributed by atoms with Gasteiger partial charge < -0.3 is 5.32 Å². The predicted octanol–water partition coefficient (Wildman–Crippen LogP) is 3.16. The molecule has 2 heterocycles. The maximum absolute atomic E-state index is 12.1. The highest BCUT2D eigenvalue weighted by atomic mass is 16.1. The molecule has 0 atom stereocenters. The van der Waals surface area contributed by atoms with Gasteiger partial charge >= 0.3 is 0 Å². The lowest BCUT2D eigenvalue weighted by molar-refractivity contribution is 0.102. The van der Waals surface area contributed by atoms with Crippen molar-refractivity contribution in [3.63, 3.8) is 0 Å². The second-order valence-corrected chi connectivity index (χ2v) is 4.90. The van der Waals surface area contributed by atoms with Crippen LogP contribution >= 0.6 is 0 Å². The van der Waals surface area contributed by atoms with Crippen molar-refractivity contribution in [2.45, 2.75) is 19.8 Å². The number of nitrogens with one attached hydrogen (secondary N) is 2. The Morgan fingerprint density at radius 3 is 3.00 bits per heavy atom. The molecule has 0 aliphatic rings. The van der Waals surface area contributed by atoms with Gasteiger partial charge in [0.1, 0.15) is 0 Å². The van der Waals surface area contributed by atoms with Crippen molar-refractivity contribution in [3.05, 3.63) is 54.0 Å². The summed E-state index contributed by atoms with van der Waals surface area (Å²) in [5, 5.41) is 10.7. The number of aromatic nitrogens is 3. The van der Waals surface area contributed by atoms with Crippen molar-refractivity contribution in [1.29, 1.82) is 0 Å². The van der Waals surface area contributed by atoms with Gasteiger partial charge in [-0.05, 0) is 24.6 Å². The lowest BCUT2D eigenvalue weighted by atomic mass is 10.2. The van der Waals surface area contributed by atoms with E-state index in [0.29, 0.717) is 11.4 Å². The lowest BCUT2D eigenvalue weighted by Gasteiger charge is -2.04. The summed E-state index contributed by atoms with van der Waals surface area (Å²) in [7, 11) is 0. The van der Waals surface area contributed by atoms with Gasteiger partial charge in [-0.25, -0.2) is 0 Å². The molecule has 5 nitrogen and oxygen atoms in total. The summed E-state index contributed by atoms with van der Waals surface area (Å²) in [4.78, 5) is 16.5. The van der Waals surface area contributed by atoms with E-state index in [0.717, 1.165) is 29.4 Å². The van der Waals surface area contributed by atoms with E-state index in [2.05, 4.69) is 27.4 Å².